The molecule has 3 aromatic rings. The van der Waals surface area contributed by atoms with Crippen LogP contribution in [0.3, 0.4) is 0 Å². The Hall–Kier alpha value is -2.30. The third kappa shape index (κ3) is 6.09. The molecule has 29 heavy (non-hydrogen) atoms. The number of hydrogen-bond acceptors (Lipinski definition) is 6. The molecule has 0 heterocycles. The Morgan fingerprint density at radius 2 is 1.41 bits per heavy atom. The van der Waals surface area contributed by atoms with Gasteiger partial charge in [-0.3, -0.25) is 4.55 Å². The van der Waals surface area contributed by atoms with E-state index in [2.05, 4.69) is 4.98 Å². The Bertz CT molecular complexity index is 1230. The number of diazo groups is 1. The summed E-state index contributed by atoms with van der Waals surface area (Å²) in [6, 6.07) is 12.0. The average Bonchev–Trinajstić information content (AvgIpc) is 2.59. The van der Waals surface area contributed by atoms with E-state index in [0.717, 1.165) is 12.1 Å². The third-order valence-electron chi connectivity index (χ3n) is 3.41. The zero-order valence-corrected chi connectivity index (χ0v) is 17.3. The molecule has 0 spiro atoms. The summed E-state index contributed by atoms with van der Waals surface area (Å²) < 4.78 is 64.4. The number of rotatable bonds is 2. The van der Waals surface area contributed by atoms with Crippen LogP contribution in [0.25, 0.3) is 15.7 Å². The molecule has 0 saturated heterocycles. The number of benzene rings is 3. The fourth-order valence-corrected chi connectivity index (χ4v) is 4.10. The maximum Gasteiger partial charge on any atom is 0.403 e. The molecule has 3 N–H and O–H groups in total. The normalized spacial score (nSPS) is 11.0. The monoisotopic (exact) mass is 478 g/mol. The summed E-state index contributed by atoms with van der Waals surface area (Å²) in [6.45, 7) is 0. The molecule has 0 fully saturated rings. The Kier molecular flexibility index (Phi) is 8.07. The van der Waals surface area contributed by atoms with Crippen LogP contribution in [0.4, 0.5) is 5.69 Å². The zero-order chi connectivity index (χ0) is 21.1. The highest BCUT2D eigenvalue weighted by molar-refractivity contribution is 7.86. The summed E-state index contributed by atoms with van der Waals surface area (Å²) in [5.41, 5.74) is 0.325. The van der Waals surface area contributed by atoms with Gasteiger partial charge in [0.1, 0.15) is 20.0 Å². The Balaban J connectivity index is 0.000000327. The van der Waals surface area contributed by atoms with E-state index in [4.69, 9.17) is 33.1 Å². The first-order valence-corrected chi connectivity index (χ1v) is 10.8. The van der Waals surface area contributed by atoms with Crippen molar-refractivity contribution in [2.75, 3.05) is 0 Å². The number of nitrogens with zero attached hydrogens (tertiary/aromatic N) is 2. The van der Waals surface area contributed by atoms with Crippen LogP contribution < -0.4 is 0 Å². The molecule has 0 aliphatic rings. The minimum Gasteiger partial charge on any atom is -0.744 e. The molecular formula is C16H12Cl2N2O7S2. The quantitative estimate of drug-likeness (QED) is 0.432. The van der Waals surface area contributed by atoms with Gasteiger partial charge >= 0.3 is 5.69 Å². The highest BCUT2D eigenvalue weighted by Crippen LogP contribution is 2.28. The predicted octanol–water partition coefficient (Wildman–Crippen LogP) is 3.64. The summed E-state index contributed by atoms with van der Waals surface area (Å²) in [6.07, 6.45) is 0. The average molecular weight is 479 g/mol. The predicted molar refractivity (Wildman–Crippen MR) is 107 cm³/mol. The number of halogens is 2. The molecule has 0 bridgehead atoms. The molecule has 0 aromatic heterocycles. The van der Waals surface area contributed by atoms with E-state index in [1.165, 1.54) is 36.4 Å². The minimum absolute atomic E-state index is 0. The van der Waals surface area contributed by atoms with Crippen molar-refractivity contribution in [2.45, 2.75) is 9.79 Å². The van der Waals surface area contributed by atoms with Gasteiger partial charge in [-0.25, -0.2) is 8.42 Å². The summed E-state index contributed by atoms with van der Waals surface area (Å²) in [5.74, 6) is 0. The molecule has 3 rings (SSSR count). The molecule has 154 valence electrons. The highest BCUT2D eigenvalue weighted by atomic mass is 35.5. The lowest BCUT2D eigenvalue weighted by atomic mass is 10.1. The minimum atomic E-state index is -4.72. The maximum atomic E-state index is 11.1. The van der Waals surface area contributed by atoms with E-state index >= 15 is 0 Å². The van der Waals surface area contributed by atoms with Crippen LogP contribution in [0.1, 0.15) is 0 Å². The molecule has 0 atom stereocenters. The van der Waals surface area contributed by atoms with Crippen molar-refractivity contribution in [1.82, 2.24) is 0 Å². The molecule has 9 nitrogen and oxygen atoms in total. The summed E-state index contributed by atoms with van der Waals surface area (Å²) in [4.78, 5) is 1.96. The Morgan fingerprint density at radius 3 is 1.86 bits per heavy atom. The van der Waals surface area contributed by atoms with Crippen LogP contribution in [-0.2, 0) is 20.2 Å². The lowest BCUT2D eigenvalue weighted by Gasteiger charge is -2.11. The van der Waals surface area contributed by atoms with Crippen molar-refractivity contribution < 1.29 is 31.4 Å². The van der Waals surface area contributed by atoms with Crippen molar-refractivity contribution in [3.8, 4) is 0 Å². The summed E-state index contributed by atoms with van der Waals surface area (Å²) >= 11 is 11.2. The van der Waals surface area contributed by atoms with Gasteiger partial charge in [0.05, 0.1) is 4.90 Å². The van der Waals surface area contributed by atoms with Gasteiger partial charge in [-0.1, -0.05) is 47.5 Å². The first-order chi connectivity index (χ1) is 12.9. The molecule has 0 amide bonds. The van der Waals surface area contributed by atoms with E-state index in [-0.39, 0.29) is 16.2 Å². The van der Waals surface area contributed by atoms with Crippen LogP contribution in [0.15, 0.2) is 64.4 Å². The van der Waals surface area contributed by atoms with Gasteiger partial charge in [0.2, 0.25) is 5.39 Å². The van der Waals surface area contributed by atoms with Gasteiger partial charge in [-0.05, 0) is 24.3 Å². The summed E-state index contributed by atoms with van der Waals surface area (Å²) in [5, 5.41) is 9.12. The van der Waals surface area contributed by atoms with Crippen molar-refractivity contribution >= 4 is 59.9 Å². The second-order valence-corrected chi connectivity index (χ2v) is 8.81. The molecule has 0 radical (unpaired) electrons. The molecule has 0 aliphatic heterocycles. The molecule has 3 aromatic carbocycles. The van der Waals surface area contributed by atoms with E-state index in [1.807, 2.05) is 0 Å². The number of fused-ring (bicyclic) bond motifs is 1. The maximum absolute atomic E-state index is 11.1. The van der Waals surface area contributed by atoms with Gasteiger partial charge in [0.15, 0.2) is 4.98 Å². The highest BCUT2D eigenvalue weighted by Gasteiger charge is 2.16. The van der Waals surface area contributed by atoms with Crippen LogP contribution in [0.2, 0.25) is 10.0 Å². The fraction of sp³-hybridized carbons (Fsp3) is 0. The van der Waals surface area contributed by atoms with E-state index < -0.39 is 30.0 Å². The largest absolute Gasteiger partial charge is 0.744 e. The summed E-state index contributed by atoms with van der Waals surface area (Å²) in [7, 11) is -9.21. The number of hydrogen-bond donors (Lipinski definition) is 1. The van der Waals surface area contributed by atoms with Gasteiger partial charge in [-0.15, -0.1) is 0 Å². The third-order valence-corrected chi connectivity index (χ3v) is 5.75. The van der Waals surface area contributed by atoms with Crippen LogP contribution in [-0.4, -0.2) is 31.4 Å². The van der Waals surface area contributed by atoms with Gasteiger partial charge in [0, 0.05) is 21.9 Å². The van der Waals surface area contributed by atoms with Crippen molar-refractivity contribution in [3.05, 3.63) is 69.6 Å². The van der Waals surface area contributed by atoms with Gasteiger partial charge in [-0.2, -0.15) is 8.42 Å². The molecule has 0 saturated carbocycles. The molecular weight excluding hydrogens is 467 g/mol. The van der Waals surface area contributed by atoms with Crippen LogP contribution in [0.5, 0.6) is 0 Å². The van der Waals surface area contributed by atoms with E-state index in [0.29, 0.717) is 15.7 Å². The zero-order valence-electron chi connectivity index (χ0n) is 14.2. The van der Waals surface area contributed by atoms with Crippen molar-refractivity contribution in [2.24, 2.45) is 0 Å². The standard InChI is InChI=1S/C10H8O6S2.C6H3Cl2N2.H2O/c11-17(12,13)9-5-1-3-7-8(9)4-2-6-10(7)18(14,15)16;7-4-1-2-6(10-9)5(8)3-4;/h1-6H,(H,11,12,13)(H,14,15,16);1-3H;1H2/q;+1;/p-1. The lowest BCUT2D eigenvalue weighted by molar-refractivity contribution is 0.463. The van der Waals surface area contributed by atoms with E-state index in [1.54, 1.807) is 6.07 Å². The topological polar surface area (TPSA) is 171 Å². The Morgan fingerprint density at radius 1 is 0.897 bits per heavy atom. The molecule has 0 unspecified atom stereocenters. The van der Waals surface area contributed by atoms with Crippen LogP contribution in [0, 0.1) is 5.39 Å². The van der Waals surface area contributed by atoms with Crippen molar-refractivity contribution in [1.29, 1.82) is 5.39 Å². The van der Waals surface area contributed by atoms with E-state index in [9.17, 15) is 21.4 Å². The molecule has 13 heteroatoms. The Labute approximate surface area is 175 Å². The first kappa shape index (κ1) is 24.7. The first-order valence-electron chi connectivity index (χ1n) is 7.20. The second-order valence-electron chi connectivity index (χ2n) is 5.23. The second kappa shape index (κ2) is 9.47. The molecule has 0 aliphatic carbocycles. The SMILES string of the molecule is N#[N+]c1ccc(Cl)cc1Cl.O.O=S(=O)([O-])c1cccc2c(S(=O)(=O)O)cccc12. The van der Waals surface area contributed by atoms with Crippen molar-refractivity contribution in [3.63, 3.8) is 0 Å². The fourth-order valence-electron chi connectivity index (χ4n) is 2.26. The van der Waals surface area contributed by atoms with Gasteiger partial charge in [0.25, 0.3) is 10.1 Å². The lowest BCUT2D eigenvalue weighted by Crippen LogP contribution is -2.02. The smallest absolute Gasteiger partial charge is 0.403 e. The van der Waals surface area contributed by atoms with Gasteiger partial charge < -0.3 is 10.0 Å². The van der Waals surface area contributed by atoms with Crippen LogP contribution >= 0.6 is 23.2 Å².